The summed E-state index contributed by atoms with van der Waals surface area (Å²) in [7, 11) is 0. The Hall–Kier alpha value is -0.410. The average molecular weight is 188 g/mol. The molecule has 78 valence electrons. The van der Waals surface area contributed by atoms with E-state index in [-0.39, 0.29) is 11.9 Å². The minimum atomic E-state index is 0.131. The lowest BCUT2D eigenvalue weighted by Gasteiger charge is -2.11. The predicted octanol–water partition coefficient (Wildman–Crippen LogP) is 1.80. The maximum Gasteiger partial charge on any atom is 0.129 e. The van der Waals surface area contributed by atoms with Gasteiger partial charge >= 0.3 is 0 Å². The van der Waals surface area contributed by atoms with E-state index >= 15 is 0 Å². The minimum absolute atomic E-state index is 0.131. The Balaban J connectivity index is 3.16. The number of ketones is 1. The van der Waals surface area contributed by atoms with Crippen LogP contribution in [0.1, 0.15) is 33.6 Å². The SMILES string of the molecule is CCOCC(C)OCCCC(C)=O. The summed E-state index contributed by atoms with van der Waals surface area (Å²) in [6.07, 6.45) is 1.56. The molecule has 0 aromatic heterocycles. The van der Waals surface area contributed by atoms with Gasteiger partial charge in [0.2, 0.25) is 0 Å². The first-order valence-corrected chi connectivity index (χ1v) is 4.85. The van der Waals surface area contributed by atoms with Crippen molar-refractivity contribution in [2.45, 2.75) is 39.7 Å². The van der Waals surface area contributed by atoms with Crippen molar-refractivity contribution in [1.82, 2.24) is 0 Å². The standard InChI is InChI=1S/C10H20O3/c1-4-12-8-10(3)13-7-5-6-9(2)11/h10H,4-8H2,1-3H3. The molecule has 3 heteroatoms. The molecule has 0 radical (unpaired) electrons. The third-order valence-corrected chi connectivity index (χ3v) is 1.63. The molecule has 1 unspecified atom stereocenters. The fourth-order valence-electron chi connectivity index (χ4n) is 0.938. The molecule has 0 rings (SSSR count). The Bertz CT molecular complexity index is 134. The molecular weight excluding hydrogens is 168 g/mol. The van der Waals surface area contributed by atoms with Crippen LogP contribution >= 0.6 is 0 Å². The normalized spacial score (nSPS) is 12.8. The number of ether oxygens (including phenoxy) is 2. The van der Waals surface area contributed by atoms with E-state index in [0.29, 0.717) is 19.6 Å². The summed E-state index contributed by atoms with van der Waals surface area (Å²) in [6, 6.07) is 0. The summed E-state index contributed by atoms with van der Waals surface area (Å²) in [5, 5.41) is 0. The summed E-state index contributed by atoms with van der Waals surface area (Å²) in [5.41, 5.74) is 0. The van der Waals surface area contributed by atoms with Crippen LogP contribution in [0.2, 0.25) is 0 Å². The number of carbonyl (C=O) groups is 1. The zero-order valence-electron chi connectivity index (χ0n) is 8.84. The Morgan fingerprint density at radius 1 is 1.46 bits per heavy atom. The molecular formula is C10H20O3. The molecule has 0 aromatic carbocycles. The summed E-state index contributed by atoms with van der Waals surface area (Å²) < 4.78 is 10.6. The molecule has 1 atom stereocenters. The van der Waals surface area contributed by atoms with Crippen LogP contribution in [0.3, 0.4) is 0 Å². The summed E-state index contributed by atoms with van der Waals surface area (Å²) >= 11 is 0. The highest BCUT2D eigenvalue weighted by atomic mass is 16.5. The lowest BCUT2D eigenvalue weighted by Crippen LogP contribution is -2.16. The van der Waals surface area contributed by atoms with E-state index in [0.717, 1.165) is 13.0 Å². The van der Waals surface area contributed by atoms with Gasteiger partial charge in [0, 0.05) is 19.6 Å². The second-order valence-corrected chi connectivity index (χ2v) is 3.15. The van der Waals surface area contributed by atoms with Crippen molar-refractivity contribution in [2.24, 2.45) is 0 Å². The van der Waals surface area contributed by atoms with Crippen molar-refractivity contribution >= 4 is 5.78 Å². The van der Waals surface area contributed by atoms with Crippen LogP contribution < -0.4 is 0 Å². The fourth-order valence-corrected chi connectivity index (χ4v) is 0.938. The second kappa shape index (κ2) is 8.20. The van der Waals surface area contributed by atoms with Gasteiger partial charge in [-0.3, -0.25) is 0 Å². The molecule has 0 amide bonds. The van der Waals surface area contributed by atoms with Gasteiger partial charge < -0.3 is 14.3 Å². The van der Waals surface area contributed by atoms with Crippen molar-refractivity contribution in [3.63, 3.8) is 0 Å². The maximum absolute atomic E-state index is 10.6. The first-order chi connectivity index (χ1) is 6.16. The first-order valence-electron chi connectivity index (χ1n) is 4.85. The highest BCUT2D eigenvalue weighted by Crippen LogP contribution is 1.96. The van der Waals surface area contributed by atoms with Gasteiger partial charge in [0.05, 0.1) is 12.7 Å². The maximum atomic E-state index is 10.6. The third-order valence-electron chi connectivity index (χ3n) is 1.63. The average Bonchev–Trinajstić information content (AvgIpc) is 2.08. The number of hydrogen-bond donors (Lipinski definition) is 0. The highest BCUT2D eigenvalue weighted by Gasteiger charge is 2.01. The summed E-state index contributed by atoms with van der Waals surface area (Å²) in [6.45, 7) is 7.54. The minimum Gasteiger partial charge on any atom is -0.379 e. The van der Waals surface area contributed by atoms with Crippen molar-refractivity contribution in [2.75, 3.05) is 19.8 Å². The zero-order valence-corrected chi connectivity index (χ0v) is 8.84. The smallest absolute Gasteiger partial charge is 0.129 e. The van der Waals surface area contributed by atoms with E-state index in [1.165, 1.54) is 0 Å². The molecule has 0 bridgehead atoms. The molecule has 0 fully saturated rings. The fraction of sp³-hybridized carbons (Fsp3) is 0.900. The van der Waals surface area contributed by atoms with E-state index in [2.05, 4.69) is 0 Å². The Morgan fingerprint density at radius 3 is 2.69 bits per heavy atom. The number of hydrogen-bond acceptors (Lipinski definition) is 3. The van der Waals surface area contributed by atoms with Crippen molar-refractivity contribution in [1.29, 1.82) is 0 Å². The lowest BCUT2D eigenvalue weighted by molar-refractivity contribution is -0.117. The van der Waals surface area contributed by atoms with E-state index in [1.807, 2.05) is 13.8 Å². The van der Waals surface area contributed by atoms with Gasteiger partial charge in [0.15, 0.2) is 0 Å². The second-order valence-electron chi connectivity index (χ2n) is 3.15. The number of Topliss-reactive ketones (excluding diaryl/α,β-unsaturated/α-hetero) is 1. The van der Waals surface area contributed by atoms with E-state index in [4.69, 9.17) is 9.47 Å². The molecule has 3 nitrogen and oxygen atoms in total. The van der Waals surface area contributed by atoms with Crippen LogP contribution in [0.25, 0.3) is 0 Å². The quantitative estimate of drug-likeness (QED) is 0.545. The van der Waals surface area contributed by atoms with E-state index < -0.39 is 0 Å². The monoisotopic (exact) mass is 188 g/mol. The van der Waals surface area contributed by atoms with E-state index in [1.54, 1.807) is 6.92 Å². The van der Waals surface area contributed by atoms with Gasteiger partial charge in [-0.1, -0.05) is 0 Å². The zero-order chi connectivity index (χ0) is 10.1. The molecule has 0 N–H and O–H groups in total. The highest BCUT2D eigenvalue weighted by molar-refractivity contribution is 5.75. The summed E-state index contributed by atoms with van der Waals surface area (Å²) in [4.78, 5) is 10.6. The van der Waals surface area contributed by atoms with Crippen LogP contribution in [-0.2, 0) is 14.3 Å². The number of rotatable bonds is 8. The molecule has 0 aromatic rings. The molecule has 0 aliphatic carbocycles. The van der Waals surface area contributed by atoms with Crippen molar-refractivity contribution in [3.8, 4) is 0 Å². The van der Waals surface area contributed by atoms with Gasteiger partial charge in [0.25, 0.3) is 0 Å². The number of carbonyl (C=O) groups excluding carboxylic acids is 1. The summed E-state index contributed by atoms with van der Waals surface area (Å²) in [5.74, 6) is 0.223. The molecule has 0 saturated heterocycles. The molecule has 0 heterocycles. The van der Waals surface area contributed by atoms with Gasteiger partial charge in [-0.15, -0.1) is 0 Å². The lowest BCUT2D eigenvalue weighted by atomic mass is 10.2. The van der Waals surface area contributed by atoms with Crippen LogP contribution in [0, 0.1) is 0 Å². The van der Waals surface area contributed by atoms with Gasteiger partial charge in [-0.05, 0) is 27.2 Å². The third kappa shape index (κ3) is 9.50. The Morgan fingerprint density at radius 2 is 2.15 bits per heavy atom. The van der Waals surface area contributed by atoms with E-state index in [9.17, 15) is 4.79 Å². The molecule has 13 heavy (non-hydrogen) atoms. The first kappa shape index (κ1) is 12.6. The van der Waals surface area contributed by atoms with Gasteiger partial charge in [-0.2, -0.15) is 0 Å². The van der Waals surface area contributed by atoms with Crippen LogP contribution in [0.5, 0.6) is 0 Å². The molecule has 0 aliphatic rings. The Kier molecular flexibility index (Phi) is 7.94. The van der Waals surface area contributed by atoms with Gasteiger partial charge in [0.1, 0.15) is 5.78 Å². The largest absolute Gasteiger partial charge is 0.379 e. The van der Waals surface area contributed by atoms with Crippen LogP contribution in [0.15, 0.2) is 0 Å². The molecule has 0 aliphatic heterocycles. The Labute approximate surface area is 80.4 Å². The van der Waals surface area contributed by atoms with Crippen molar-refractivity contribution < 1.29 is 14.3 Å². The van der Waals surface area contributed by atoms with Crippen molar-refractivity contribution in [3.05, 3.63) is 0 Å². The van der Waals surface area contributed by atoms with Gasteiger partial charge in [-0.25, -0.2) is 0 Å². The van der Waals surface area contributed by atoms with Crippen LogP contribution in [0.4, 0.5) is 0 Å². The molecule has 0 spiro atoms. The van der Waals surface area contributed by atoms with Crippen LogP contribution in [-0.4, -0.2) is 31.7 Å². The topological polar surface area (TPSA) is 35.5 Å². The molecule has 0 saturated carbocycles. The predicted molar refractivity (Wildman–Crippen MR) is 51.8 cm³/mol.